The first-order valence-electron chi connectivity index (χ1n) is 8.70. The summed E-state index contributed by atoms with van der Waals surface area (Å²) in [6.07, 6.45) is 11.5. The molecule has 0 spiro atoms. The summed E-state index contributed by atoms with van der Waals surface area (Å²) in [5.74, 6) is 0.833. The van der Waals surface area contributed by atoms with Crippen LogP contribution in [0.2, 0.25) is 0 Å². The topological polar surface area (TPSA) is 20.3 Å². The van der Waals surface area contributed by atoms with Crippen LogP contribution < -0.4 is 0 Å². The minimum absolute atomic E-state index is 0.833. The second-order valence-corrected chi connectivity index (χ2v) is 5.79. The SMILES string of the molecule is CC.CC(C)C.CCCCCCCCCCN(C)C=O. The number of rotatable bonds is 10. The van der Waals surface area contributed by atoms with Gasteiger partial charge in [0.2, 0.25) is 6.41 Å². The summed E-state index contributed by atoms with van der Waals surface area (Å²) in [4.78, 5) is 12.0. The zero-order chi connectivity index (χ0) is 16.2. The van der Waals surface area contributed by atoms with E-state index in [1.807, 2.05) is 20.9 Å². The minimum Gasteiger partial charge on any atom is -0.348 e. The summed E-state index contributed by atoms with van der Waals surface area (Å²) in [6, 6.07) is 0. The zero-order valence-electron chi connectivity index (χ0n) is 15.4. The van der Waals surface area contributed by atoms with Crippen molar-refractivity contribution in [3.8, 4) is 0 Å². The van der Waals surface area contributed by atoms with Crippen molar-refractivity contribution < 1.29 is 4.79 Å². The number of carbonyl (C=O) groups is 1. The van der Waals surface area contributed by atoms with Crippen LogP contribution in [-0.4, -0.2) is 24.9 Å². The van der Waals surface area contributed by atoms with Crippen molar-refractivity contribution in [1.82, 2.24) is 4.90 Å². The number of amides is 1. The number of unbranched alkanes of at least 4 members (excludes halogenated alkanes) is 7. The van der Waals surface area contributed by atoms with Gasteiger partial charge in [-0.25, -0.2) is 0 Å². The third-order valence-corrected chi connectivity index (χ3v) is 2.54. The Morgan fingerprint density at radius 1 is 0.850 bits per heavy atom. The molecule has 0 rings (SSSR count). The number of hydrogen-bond acceptors (Lipinski definition) is 1. The van der Waals surface area contributed by atoms with E-state index in [0.717, 1.165) is 25.3 Å². The number of hydrogen-bond donors (Lipinski definition) is 0. The summed E-state index contributed by atoms with van der Waals surface area (Å²) in [6.45, 7) is 13.7. The van der Waals surface area contributed by atoms with Gasteiger partial charge < -0.3 is 4.90 Å². The molecule has 2 heteroatoms. The van der Waals surface area contributed by atoms with Gasteiger partial charge in [0.05, 0.1) is 0 Å². The number of nitrogens with zero attached hydrogens (tertiary/aromatic N) is 1. The molecule has 0 heterocycles. The van der Waals surface area contributed by atoms with E-state index >= 15 is 0 Å². The van der Waals surface area contributed by atoms with Gasteiger partial charge in [0.15, 0.2) is 0 Å². The molecule has 0 fully saturated rings. The van der Waals surface area contributed by atoms with Gasteiger partial charge in [-0.05, 0) is 12.3 Å². The van der Waals surface area contributed by atoms with Gasteiger partial charge in [-0.3, -0.25) is 4.79 Å². The zero-order valence-corrected chi connectivity index (χ0v) is 15.4. The monoisotopic (exact) mass is 287 g/mol. The van der Waals surface area contributed by atoms with Crippen LogP contribution in [0.15, 0.2) is 0 Å². The molecule has 0 aliphatic carbocycles. The van der Waals surface area contributed by atoms with Crippen LogP contribution in [-0.2, 0) is 4.79 Å². The molecule has 0 aromatic carbocycles. The summed E-state index contributed by atoms with van der Waals surface area (Å²) < 4.78 is 0. The van der Waals surface area contributed by atoms with Gasteiger partial charge >= 0.3 is 0 Å². The lowest BCUT2D eigenvalue weighted by molar-refractivity contribution is -0.117. The van der Waals surface area contributed by atoms with Crippen LogP contribution in [0.3, 0.4) is 0 Å². The van der Waals surface area contributed by atoms with E-state index in [4.69, 9.17) is 0 Å². The molecular formula is C18H41NO. The van der Waals surface area contributed by atoms with Crippen molar-refractivity contribution in [2.24, 2.45) is 5.92 Å². The Morgan fingerprint density at radius 2 is 1.20 bits per heavy atom. The molecule has 0 aromatic heterocycles. The summed E-state index contributed by atoms with van der Waals surface area (Å²) in [5.41, 5.74) is 0. The Bertz CT molecular complexity index is 155. The molecule has 0 unspecified atom stereocenters. The standard InChI is InChI=1S/C12H25NO.C4H10.C2H6/c1-3-4-5-6-7-8-9-10-11-13(2)12-14;1-4(2)3;1-2/h12H,3-11H2,1-2H3;4H,1-3H3;1-2H3. The quantitative estimate of drug-likeness (QED) is 0.361. The lowest BCUT2D eigenvalue weighted by Crippen LogP contribution is -2.16. The van der Waals surface area contributed by atoms with E-state index in [1.54, 1.807) is 4.90 Å². The lowest BCUT2D eigenvalue weighted by Gasteiger charge is -2.09. The smallest absolute Gasteiger partial charge is 0.209 e. The first-order chi connectivity index (χ1) is 9.54. The van der Waals surface area contributed by atoms with Crippen LogP contribution >= 0.6 is 0 Å². The molecule has 0 saturated heterocycles. The fraction of sp³-hybridized carbons (Fsp3) is 0.944. The highest BCUT2D eigenvalue weighted by Crippen LogP contribution is 2.08. The summed E-state index contributed by atoms with van der Waals surface area (Å²) in [5, 5.41) is 0. The Kier molecular flexibility index (Phi) is 28.8. The molecular weight excluding hydrogens is 246 g/mol. The third kappa shape index (κ3) is 36.0. The van der Waals surface area contributed by atoms with Crippen molar-refractivity contribution >= 4 is 6.41 Å². The highest BCUT2D eigenvalue weighted by Gasteiger charge is 1.94. The van der Waals surface area contributed by atoms with Crippen LogP contribution in [0.1, 0.15) is 92.9 Å². The third-order valence-electron chi connectivity index (χ3n) is 2.54. The maximum absolute atomic E-state index is 10.3. The molecule has 0 aliphatic heterocycles. The van der Waals surface area contributed by atoms with E-state index in [1.165, 1.54) is 44.9 Å². The molecule has 1 amide bonds. The predicted molar refractivity (Wildman–Crippen MR) is 93.2 cm³/mol. The summed E-state index contributed by atoms with van der Waals surface area (Å²) >= 11 is 0. The van der Waals surface area contributed by atoms with Gasteiger partial charge in [-0.1, -0.05) is 86.5 Å². The normalized spacial score (nSPS) is 9.20. The van der Waals surface area contributed by atoms with Gasteiger partial charge in [-0.2, -0.15) is 0 Å². The second kappa shape index (κ2) is 23.6. The number of carbonyl (C=O) groups excluding carboxylic acids is 1. The van der Waals surface area contributed by atoms with Crippen molar-refractivity contribution in [3.63, 3.8) is 0 Å². The average Bonchev–Trinajstić information content (AvgIpc) is 2.43. The van der Waals surface area contributed by atoms with E-state index in [0.29, 0.717) is 0 Å². The molecule has 0 N–H and O–H groups in total. The first-order valence-corrected chi connectivity index (χ1v) is 8.70. The second-order valence-electron chi connectivity index (χ2n) is 5.79. The molecule has 0 atom stereocenters. The van der Waals surface area contributed by atoms with Crippen molar-refractivity contribution in [2.75, 3.05) is 13.6 Å². The van der Waals surface area contributed by atoms with E-state index in [9.17, 15) is 4.79 Å². The molecule has 2 nitrogen and oxygen atoms in total. The van der Waals surface area contributed by atoms with Gasteiger partial charge in [-0.15, -0.1) is 0 Å². The molecule has 0 saturated carbocycles. The van der Waals surface area contributed by atoms with Crippen LogP contribution in [0.25, 0.3) is 0 Å². The fourth-order valence-corrected chi connectivity index (χ4v) is 1.55. The Morgan fingerprint density at radius 3 is 1.55 bits per heavy atom. The van der Waals surface area contributed by atoms with Gasteiger partial charge in [0, 0.05) is 13.6 Å². The van der Waals surface area contributed by atoms with E-state index in [2.05, 4.69) is 27.7 Å². The maximum Gasteiger partial charge on any atom is 0.209 e. The van der Waals surface area contributed by atoms with Crippen LogP contribution in [0.5, 0.6) is 0 Å². The van der Waals surface area contributed by atoms with Gasteiger partial charge in [0.1, 0.15) is 0 Å². The Hall–Kier alpha value is -0.530. The van der Waals surface area contributed by atoms with E-state index in [-0.39, 0.29) is 0 Å². The lowest BCUT2D eigenvalue weighted by atomic mass is 10.1. The molecule has 0 aromatic rings. The van der Waals surface area contributed by atoms with Crippen molar-refractivity contribution in [2.45, 2.75) is 92.9 Å². The Labute approximate surface area is 129 Å². The van der Waals surface area contributed by atoms with Crippen molar-refractivity contribution in [3.05, 3.63) is 0 Å². The highest BCUT2D eigenvalue weighted by atomic mass is 16.1. The first kappa shape index (κ1) is 24.5. The molecule has 124 valence electrons. The van der Waals surface area contributed by atoms with Crippen molar-refractivity contribution in [1.29, 1.82) is 0 Å². The molecule has 0 radical (unpaired) electrons. The molecule has 20 heavy (non-hydrogen) atoms. The van der Waals surface area contributed by atoms with Crippen LogP contribution in [0.4, 0.5) is 0 Å². The summed E-state index contributed by atoms with van der Waals surface area (Å²) in [7, 11) is 1.84. The fourth-order valence-electron chi connectivity index (χ4n) is 1.55. The highest BCUT2D eigenvalue weighted by molar-refractivity contribution is 5.46. The molecule has 0 aliphatic rings. The molecule has 0 bridgehead atoms. The van der Waals surface area contributed by atoms with Crippen LogP contribution in [0, 0.1) is 5.92 Å². The maximum atomic E-state index is 10.3. The Balaban J connectivity index is -0.000000410. The largest absolute Gasteiger partial charge is 0.348 e. The average molecular weight is 288 g/mol. The predicted octanol–water partition coefficient (Wildman–Crippen LogP) is 5.90. The van der Waals surface area contributed by atoms with E-state index < -0.39 is 0 Å². The minimum atomic E-state index is 0.833. The van der Waals surface area contributed by atoms with Gasteiger partial charge in [0.25, 0.3) is 0 Å².